The summed E-state index contributed by atoms with van der Waals surface area (Å²) < 4.78 is 45.9. The number of alkyl halides is 3. The Hall–Kier alpha value is -2.24. The van der Waals surface area contributed by atoms with E-state index in [1.54, 1.807) is 16.7 Å². The van der Waals surface area contributed by atoms with Crippen molar-refractivity contribution in [1.29, 1.82) is 0 Å². The van der Waals surface area contributed by atoms with Gasteiger partial charge in [-0.05, 0) is 30.2 Å². The third kappa shape index (κ3) is 2.11. The van der Waals surface area contributed by atoms with Crippen LogP contribution in [-0.2, 0) is 23.9 Å². The van der Waals surface area contributed by atoms with Crippen LogP contribution in [0.4, 0.5) is 13.2 Å². The van der Waals surface area contributed by atoms with Gasteiger partial charge in [0.05, 0.1) is 12.7 Å². The first-order chi connectivity index (χ1) is 9.93. The minimum absolute atomic E-state index is 0.159. The number of methoxy groups -OCH3 is 1. The molecule has 0 atom stereocenters. The zero-order valence-electron chi connectivity index (χ0n) is 11.2. The Balaban J connectivity index is 2.23. The van der Waals surface area contributed by atoms with Gasteiger partial charge in [-0.2, -0.15) is 13.2 Å². The number of ether oxygens (including phenoxy) is 1. The van der Waals surface area contributed by atoms with Crippen molar-refractivity contribution >= 4 is 5.97 Å². The monoisotopic (exact) mass is 295 g/mol. The Labute approximate surface area is 118 Å². The van der Waals surface area contributed by atoms with Crippen molar-refractivity contribution in [3.63, 3.8) is 0 Å². The summed E-state index contributed by atoms with van der Waals surface area (Å²) in [6.07, 6.45) is -3.98. The summed E-state index contributed by atoms with van der Waals surface area (Å²) in [5.41, 5.74) is 0.813. The second-order valence-corrected chi connectivity index (χ2v) is 4.83. The molecule has 0 unspecified atom stereocenters. The maximum absolute atomic E-state index is 13.2. The Morgan fingerprint density at radius 3 is 2.67 bits per heavy atom. The molecule has 0 radical (unpaired) electrons. The van der Waals surface area contributed by atoms with Gasteiger partial charge in [0.2, 0.25) is 0 Å². The molecule has 3 rings (SSSR count). The SMILES string of the molecule is COC(=O)c1ccc2n1CCc1cccc(C(F)(F)F)c1-2. The third-order valence-corrected chi connectivity index (χ3v) is 3.69. The van der Waals surface area contributed by atoms with Crippen LogP contribution in [0.15, 0.2) is 30.3 Å². The fourth-order valence-corrected chi connectivity index (χ4v) is 2.79. The van der Waals surface area contributed by atoms with Crippen molar-refractivity contribution in [2.24, 2.45) is 0 Å². The molecule has 0 N–H and O–H groups in total. The van der Waals surface area contributed by atoms with Crippen LogP contribution in [0.25, 0.3) is 11.3 Å². The number of fused-ring (bicyclic) bond motifs is 3. The molecule has 6 heteroatoms. The zero-order valence-corrected chi connectivity index (χ0v) is 11.2. The van der Waals surface area contributed by atoms with Crippen molar-refractivity contribution in [2.75, 3.05) is 7.11 Å². The molecule has 1 aromatic carbocycles. The highest BCUT2D eigenvalue weighted by molar-refractivity contribution is 5.90. The molecular weight excluding hydrogens is 283 g/mol. The van der Waals surface area contributed by atoms with Gasteiger partial charge in [-0.1, -0.05) is 12.1 Å². The average Bonchev–Trinajstić information content (AvgIpc) is 2.88. The lowest BCUT2D eigenvalue weighted by Crippen LogP contribution is -2.19. The van der Waals surface area contributed by atoms with Crippen LogP contribution >= 0.6 is 0 Å². The predicted octanol–water partition coefficient (Wildman–Crippen LogP) is 3.52. The van der Waals surface area contributed by atoms with E-state index in [2.05, 4.69) is 4.74 Å². The lowest BCUT2D eigenvalue weighted by atomic mass is 9.93. The minimum atomic E-state index is -4.43. The highest BCUT2D eigenvalue weighted by atomic mass is 19.4. The summed E-state index contributed by atoms with van der Waals surface area (Å²) >= 11 is 0. The first-order valence-electron chi connectivity index (χ1n) is 6.41. The molecule has 110 valence electrons. The first kappa shape index (κ1) is 13.7. The van der Waals surface area contributed by atoms with Gasteiger partial charge in [0.15, 0.2) is 0 Å². The Bertz CT molecular complexity index is 716. The van der Waals surface area contributed by atoms with Crippen LogP contribution in [0.1, 0.15) is 21.6 Å². The smallest absolute Gasteiger partial charge is 0.417 e. The number of rotatable bonds is 1. The molecule has 1 aromatic heterocycles. The van der Waals surface area contributed by atoms with Crippen LogP contribution in [0.5, 0.6) is 0 Å². The van der Waals surface area contributed by atoms with E-state index < -0.39 is 17.7 Å². The largest absolute Gasteiger partial charge is 0.464 e. The normalized spacial score (nSPS) is 13.5. The summed E-state index contributed by atoms with van der Waals surface area (Å²) in [5, 5.41) is 0. The molecule has 3 nitrogen and oxygen atoms in total. The van der Waals surface area contributed by atoms with Crippen LogP contribution in [0, 0.1) is 0 Å². The lowest BCUT2D eigenvalue weighted by Gasteiger charge is -2.24. The third-order valence-electron chi connectivity index (χ3n) is 3.69. The maximum atomic E-state index is 13.2. The molecule has 2 heterocycles. The van der Waals surface area contributed by atoms with Gasteiger partial charge in [0, 0.05) is 17.8 Å². The number of nitrogens with zero attached hydrogens (tertiary/aromatic N) is 1. The quantitative estimate of drug-likeness (QED) is 0.754. The van der Waals surface area contributed by atoms with Gasteiger partial charge in [0.25, 0.3) is 0 Å². The number of aryl methyl sites for hydroxylation is 1. The lowest BCUT2D eigenvalue weighted by molar-refractivity contribution is -0.137. The number of hydrogen-bond donors (Lipinski definition) is 0. The van der Waals surface area contributed by atoms with E-state index >= 15 is 0 Å². The maximum Gasteiger partial charge on any atom is 0.417 e. The van der Waals surface area contributed by atoms with E-state index in [1.165, 1.54) is 19.2 Å². The number of halogens is 3. The molecule has 1 aliphatic rings. The van der Waals surface area contributed by atoms with E-state index in [1.807, 2.05) is 0 Å². The zero-order chi connectivity index (χ0) is 15.2. The van der Waals surface area contributed by atoms with Gasteiger partial charge in [-0.15, -0.1) is 0 Å². The minimum Gasteiger partial charge on any atom is -0.464 e. The highest BCUT2D eigenvalue weighted by Gasteiger charge is 2.36. The van der Waals surface area contributed by atoms with Gasteiger partial charge in [-0.3, -0.25) is 0 Å². The number of benzene rings is 1. The second-order valence-electron chi connectivity index (χ2n) is 4.83. The Morgan fingerprint density at radius 1 is 1.24 bits per heavy atom. The van der Waals surface area contributed by atoms with E-state index in [0.29, 0.717) is 24.2 Å². The second kappa shape index (κ2) is 4.65. The molecule has 0 aliphatic carbocycles. The fraction of sp³-hybridized carbons (Fsp3) is 0.267. The van der Waals surface area contributed by atoms with E-state index in [-0.39, 0.29) is 11.3 Å². The molecule has 2 aromatic rings. The highest BCUT2D eigenvalue weighted by Crippen LogP contribution is 2.41. The van der Waals surface area contributed by atoms with Crippen molar-refractivity contribution in [2.45, 2.75) is 19.1 Å². The summed E-state index contributed by atoms with van der Waals surface area (Å²) in [5.74, 6) is -0.547. The number of esters is 1. The molecule has 0 saturated heterocycles. The first-order valence-corrected chi connectivity index (χ1v) is 6.41. The van der Waals surface area contributed by atoms with Crippen LogP contribution in [-0.4, -0.2) is 17.6 Å². The molecule has 0 bridgehead atoms. The van der Waals surface area contributed by atoms with Gasteiger partial charge < -0.3 is 9.30 Å². The summed E-state index contributed by atoms with van der Waals surface area (Å²) in [6.45, 7) is 0.459. The van der Waals surface area contributed by atoms with Crippen LogP contribution in [0.3, 0.4) is 0 Å². The van der Waals surface area contributed by atoms with Gasteiger partial charge in [0.1, 0.15) is 5.69 Å². The fourth-order valence-electron chi connectivity index (χ4n) is 2.79. The van der Waals surface area contributed by atoms with Crippen LogP contribution < -0.4 is 0 Å². The van der Waals surface area contributed by atoms with E-state index in [4.69, 9.17) is 0 Å². The topological polar surface area (TPSA) is 31.2 Å². The Kier molecular flexibility index (Phi) is 3.04. The molecule has 21 heavy (non-hydrogen) atoms. The number of hydrogen-bond acceptors (Lipinski definition) is 2. The van der Waals surface area contributed by atoms with Crippen molar-refractivity contribution in [1.82, 2.24) is 4.57 Å². The number of aromatic nitrogens is 1. The molecule has 0 spiro atoms. The number of carbonyl (C=O) groups excluding carboxylic acids is 1. The summed E-state index contributed by atoms with van der Waals surface area (Å²) in [7, 11) is 1.25. The predicted molar refractivity (Wildman–Crippen MR) is 69.9 cm³/mol. The van der Waals surface area contributed by atoms with Crippen molar-refractivity contribution in [3.8, 4) is 11.3 Å². The standard InChI is InChI=1S/C15H12F3NO2/c1-21-14(20)12-6-5-11-13-9(7-8-19(11)12)3-2-4-10(13)15(16,17)18/h2-6H,7-8H2,1H3. The molecule has 0 amide bonds. The van der Waals surface area contributed by atoms with Crippen molar-refractivity contribution < 1.29 is 22.7 Å². The van der Waals surface area contributed by atoms with Crippen molar-refractivity contribution in [3.05, 3.63) is 47.2 Å². The molecule has 1 aliphatic heterocycles. The van der Waals surface area contributed by atoms with Gasteiger partial charge >= 0.3 is 12.1 Å². The van der Waals surface area contributed by atoms with E-state index in [9.17, 15) is 18.0 Å². The Morgan fingerprint density at radius 2 is 2.00 bits per heavy atom. The molecule has 0 fully saturated rings. The summed E-state index contributed by atoms with van der Waals surface area (Å²) in [4.78, 5) is 11.7. The van der Waals surface area contributed by atoms with Gasteiger partial charge in [-0.25, -0.2) is 4.79 Å². The molecular formula is C15H12F3NO2. The average molecular weight is 295 g/mol. The van der Waals surface area contributed by atoms with E-state index in [0.717, 1.165) is 6.07 Å². The molecule has 0 saturated carbocycles. The van der Waals surface area contributed by atoms with Crippen LogP contribution in [0.2, 0.25) is 0 Å². The summed E-state index contributed by atoms with van der Waals surface area (Å²) in [6, 6.07) is 7.22. The number of carbonyl (C=O) groups is 1.